The van der Waals surface area contributed by atoms with E-state index in [1.54, 1.807) is 0 Å². The predicted molar refractivity (Wildman–Crippen MR) is 197 cm³/mol. The summed E-state index contributed by atoms with van der Waals surface area (Å²) >= 11 is 0. The van der Waals surface area contributed by atoms with Gasteiger partial charge in [0.1, 0.15) is 0 Å². The molecule has 3 N–H and O–H groups in total. The maximum absolute atomic E-state index is 12.8. The van der Waals surface area contributed by atoms with Gasteiger partial charge in [0.25, 0.3) is 0 Å². The lowest BCUT2D eigenvalue weighted by Crippen LogP contribution is -2.10. The number of hydrogen-bond acceptors (Lipinski definition) is 3. The second-order valence-electron chi connectivity index (χ2n) is 13.0. The molecule has 0 aliphatic rings. The molecule has 0 saturated heterocycles. The minimum atomic E-state index is 0. The van der Waals surface area contributed by atoms with E-state index in [0.29, 0.717) is 19.3 Å². The van der Waals surface area contributed by atoms with Crippen LogP contribution in [0.4, 0.5) is 0 Å². The van der Waals surface area contributed by atoms with Crippen molar-refractivity contribution in [2.75, 3.05) is 0 Å². The highest BCUT2D eigenvalue weighted by molar-refractivity contribution is 6.05. The first kappa shape index (κ1) is 44.6. The van der Waals surface area contributed by atoms with E-state index in [9.17, 15) is 9.59 Å². The molecule has 3 nitrogen and oxygen atoms in total. The minimum absolute atomic E-state index is 0. The minimum Gasteiger partial charge on any atom is -0.344 e. The normalized spacial score (nSPS) is 12.2. The molecule has 0 fully saturated rings. The molecule has 44 heavy (non-hydrogen) atoms. The highest BCUT2D eigenvalue weighted by atomic mass is 16.1. The first-order valence-electron chi connectivity index (χ1n) is 19.1. The number of unbranched alkanes of at least 4 members (excludes halogenated alkanes) is 22. The Bertz CT molecular complexity index is 733. The number of carbonyl (C=O) groups excluding carboxylic acids is 2. The van der Waals surface area contributed by atoms with Crippen LogP contribution in [-0.4, -0.2) is 11.6 Å². The van der Waals surface area contributed by atoms with E-state index < -0.39 is 0 Å². The van der Waals surface area contributed by atoms with Gasteiger partial charge in [0.2, 0.25) is 0 Å². The summed E-state index contributed by atoms with van der Waals surface area (Å²) in [6.45, 7) is 8.45. The summed E-state index contributed by atoms with van der Waals surface area (Å²) in [4.78, 5) is 25.6. The molecule has 0 unspecified atom stereocenters. The van der Waals surface area contributed by atoms with Gasteiger partial charge >= 0.3 is 0 Å². The zero-order valence-corrected chi connectivity index (χ0v) is 30.3. The van der Waals surface area contributed by atoms with Gasteiger partial charge in [-0.05, 0) is 83.1 Å². The zero-order valence-electron chi connectivity index (χ0n) is 30.3. The summed E-state index contributed by atoms with van der Waals surface area (Å²) < 4.78 is 0. The predicted octanol–water partition coefficient (Wildman–Crippen LogP) is 14.1. The maximum atomic E-state index is 12.8. The third-order valence-corrected chi connectivity index (χ3v) is 8.89. The number of rotatable bonds is 33. The van der Waals surface area contributed by atoms with E-state index in [1.807, 2.05) is 13.8 Å². The molecule has 258 valence electrons. The second kappa shape index (κ2) is 36.0. The van der Waals surface area contributed by atoms with Gasteiger partial charge in [-0.15, -0.1) is 0 Å². The van der Waals surface area contributed by atoms with E-state index in [4.69, 9.17) is 0 Å². The Balaban J connectivity index is 0. The Morgan fingerprint density at radius 2 is 0.705 bits per heavy atom. The zero-order chi connectivity index (χ0) is 31.6. The Kier molecular flexibility index (Phi) is 36.5. The fourth-order valence-corrected chi connectivity index (χ4v) is 5.89. The number of hydrogen-bond donors (Lipinski definition) is 1. The highest BCUT2D eigenvalue weighted by Crippen LogP contribution is 2.19. The summed E-state index contributed by atoms with van der Waals surface area (Å²) in [7, 11) is 0. The van der Waals surface area contributed by atoms with Crippen LogP contribution in [-0.2, 0) is 9.59 Å². The SMILES string of the molecule is CCCCCCCC/C=C\CCCCCCCC(=O)C(C)=C(CC)C(=O)CCCCCCC/C=C\CCCCCCCC.N. The van der Waals surface area contributed by atoms with Crippen LogP contribution in [0.15, 0.2) is 35.5 Å². The van der Waals surface area contributed by atoms with Gasteiger partial charge in [-0.25, -0.2) is 0 Å². The summed E-state index contributed by atoms with van der Waals surface area (Å²) in [6.07, 6.45) is 44.2. The molecule has 0 bridgehead atoms. The molecular formula is C41H77NO2. The molecule has 0 saturated carbocycles. The fraction of sp³-hybridized carbons (Fsp3) is 0.805. The lowest BCUT2D eigenvalue weighted by molar-refractivity contribution is -0.118. The van der Waals surface area contributed by atoms with Crippen LogP contribution in [0.3, 0.4) is 0 Å². The first-order valence-corrected chi connectivity index (χ1v) is 19.1. The van der Waals surface area contributed by atoms with Crippen molar-refractivity contribution >= 4 is 11.6 Å². The van der Waals surface area contributed by atoms with Crippen LogP contribution in [0, 0.1) is 0 Å². The van der Waals surface area contributed by atoms with Crippen molar-refractivity contribution in [3.05, 3.63) is 35.5 Å². The topological polar surface area (TPSA) is 69.1 Å². The summed E-state index contributed by atoms with van der Waals surface area (Å²) in [5.74, 6) is 0.392. The summed E-state index contributed by atoms with van der Waals surface area (Å²) in [5.41, 5.74) is 1.52. The standard InChI is InChI=1S/C41H74O2.H3N/c1-5-8-10-12-14-16-18-20-22-24-26-28-30-32-34-36-40(42)38(4)39(7-3)41(43)37-35-33-31-29-27-25-23-21-19-17-15-13-11-9-6-2;/h20-23H,5-19,24-37H2,1-4H3;1H3/b22-20-,23-21-,39-38?;. The highest BCUT2D eigenvalue weighted by Gasteiger charge is 2.15. The van der Waals surface area contributed by atoms with Crippen molar-refractivity contribution in [2.45, 2.75) is 214 Å². The van der Waals surface area contributed by atoms with Gasteiger partial charge in [-0.2, -0.15) is 0 Å². The third-order valence-electron chi connectivity index (χ3n) is 8.89. The van der Waals surface area contributed by atoms with Crippen molar-refractivity contribution in [1.82, 2.24) is 6.15 Å². The number of Topliss-reactive ketones (excluding diaryl/α,β-unsaturated/α-hetero) is 2. The molecule has 0 aliphatic heterocycles. The van der Waals surface area contributed by atoms with E-state index in [1.165, 1.54) is 141 Å². The van der Waals surface area contributed by atoms with Crippen LogP contribution in [0.1, 0.15) is 214 Å². The van der Waals surface area contributed by atoms with Gasteiger partial charge in [0, 0.05) is 18.4 Å². The average molecular weight is 616 g/mol. The third kappa shape index (κ3) is 29.2. The number of ketones is 2. The van der Waals surface area contributed by atoms with E-state index in [-0.39, 0.29) is 17.7 Å². The van der Waals surface area contributed by atoms with Crippen molar-refractivity contribution in [3.63, 3.8) is 0 Å². The fourth-order valence-electron chi connectivity index (χ4n) is 5.89. The van der Waals surface area contributed by atoms with Crippen LogP contribution >= 0.6 is 0 Å². The first-order chi connectivity index (χ1) is 21.1. The van der Waals surface area contributed by atoms with Gasteiger partial charge in [0.05, 0.1) is 0 Å². The molecule has 0 amide bonds. The van der Waals surface area contributed by atoms with Crippen LogP contribution < -0.4 is 6.15 Å². The molecule has 0 aromatic rings. The van der Waals surface area contributed by atoms with Crippen LogP contribution in [0.5, 0.6) is 0 Å². The molecule has 0 aliphatic carbocycles. The molecule has 0 atom stereocenters. The molecule has 0 spiro atoms. The summed E-state index contributed by atoms with van der Waals surface area (Å²) in [6, 6.07) is 0. The molecule has 0 rings (SSSR count). The lowest BCUT2D eigenvalue weighted by Gasteiger charge is -2.09. The van der Waals surface area contributed by atoms with Crippen LogP contribution in [0.25, 0.3) is 0 Å². The Labute approximate surface area is 276 Å². The molecule has 0 radical (unpaired) electrons. The van der Waals surface area contributed by atoms with Gasteiger partial charge < -0.3 is 6.15 Å². The van der Waals surface area contributed by atoms with Crippen molar-refractivity contribution < 1.29 is 9.59 Å². The molecule has 0 aromatic carbocycles. The Morgan fingerprint density at radius 1 is 0.409 bits per heavy atom. The van der Waals surface area contributed by atoms with Gasteiger partial charge in [-0.1, -0.05) is 148 Å². The van der Waals surface area contributed by atoms with E-state index >= 15 is 0 Å². The van der Waals surface area contributed by atoms with Crippen molar-refractivity contribution in [1.29, 1.82) is 0 Å². The molecular weight excluding hydrogens is 538 g/mol. The second-order valence-corrected chi connectivity index (χ2v) is 13.0. The van der Waals surface area contributed by atoms with Crippen molar-refractivity contribution in [2.24, 2.45) is 0 Å². The largest absolute Gasteiger partial charge is 0.344 e. The number of carbonyl (C=O) groups is 2. The van der Waals surface area contributed by atoms with E-state index in [0.717, 1.165) is 36.8 Å². The van der Waals surface area contributed by atoms with Crippen molar-refractivity contribution in [3.8, 4) is 0 Å². The van der Waals surface area contributed by atoms with E-state index in [2.05, 4.69) is 38.2 Å². The Morgan fingerprint density at radius 3 is 1.05 bits per heavy atom. The number of allylic oxidation sites excluding steroid dienone is 6. The van der Waals surface area contributed by atoms with Gasteiger partial charge in [0.15, 0.2) is 11.6 Å². The molecule has 0 heterocycles. The smallest absolute Gasteiger partial charge is 0.159 e. The lowest BCUT2D eigenvalue weighted by atomic mass is 9.94. The van der Waals surface area contributed by atoms with Gasteiger partial charge in [-0.3, -0.25) is 9.59 Å². The van der Waals surface area contributed by atoms with Crippen LogP contribution in [0.2, 0.25) is 0 Å². The monoisotopic (exact) mass is 616 g/mol. The molecule has 0 aromatic heterocycles. The Hall–Kier alpha value is -1.48. The average Bonchev–Trinajstić information content (AvgIpc) is 3.01. The summed E-state index contributed by atoms with van der Waals surface area (Å²) in [5, 5.41) is 0. The molecule has 3 heteroatoms. The maximum Gasteiger partial charge on any atom is 0.159 e. The quantitative estimate of drug-likeness (QED) is 0.0453.